The van der Waals surface area contributed by atoms with Crippen LogP contribution < -0.4 is 0 Å². The first-order valence-corrected chi connectivity index (χ1v) is 8.28. The molecule has 134 valence electrons. The van der Waals surface area contributed by atoms with Gasteiger partial charge in [0.05, 0.1) is 37.1 Å². The first-order valence-electron chi connectivity index (χ1n) is 8.28. The van der Waals surface area contributed by atoms with Gasteiger partial charge in [-0.3, -0.25) is 14.8 Å². The molecule has 1 aliphatic rings. The number of carbonyl (C=O) groups excluding carboxylic acids is 1. The van der Waals surface area contributed by atoms with Gasteiger partial charge in [0, 0.05) is 32.2 Å². The van der Waals surface area contributed by atoms with Crippen LogP contribution in [0.3, 0.4) is 0 Å². The molecule has 1 aliphatic heterocycles. The molecule has 2 aromatic heterocycles. The summed E-state index contributed by atoms with van der Waals surface area (Å²) in [5, 5.41) is 3.95. The molecule has 1 saturated heterocycles. The lowest BCUT2D eigenvalue weighted by Crippen LogP contribution is -2.49. The third kappa shape index (κ3) is 4.02. The predicted octanol–water partition coefficient (Wildman–Crippen LogP) is 1.39. The number of aromatic nitrogens is 3. The van der Waals surface area contributed by atoms with Crippen molar-refractivity contribution in [3.63, 3.8) is 0 Å². The molecule has 1 atom stereocenters. The molecule has 1 fully saturated rings. The summed E-state index contributed by atoms with van der Waals surface area (Å²) < 4.78 is 15.9. The standard InChI is InChI=1S/C17H22N4O4/c1-12-15(11-23-2)16(20-25-12)17(22)21-7-8-24-10-14(21)4-3-13-9-18-5-6-19-13/h5-6,9,14H,3-4,7-8,10-11H2,1-2H3. The number of carbonyl (C=O) groups is 1. The van der Waals surface area contributed by atoms with Crippen molar-refractivity contribution in [2.45, 2.75) is 32.4 Å². The predicted molar refractivity (Wildman–Crippen MR) is 87.9 cm³/mol. The highest BCUT2D eigenvalue weighted by Crippen LogP contribution is 2.21. The summed E-state index contributed by atoms with van der Waals surface area (Å²) in [6.45, 7) is 3.63. The highest BCUT2D eigenvalue weighted by atomic mass is 16.5. The maximum absolute atomic E-state index is 13.0. The summed E-state index contributed by atoms with van der Waals surface area (Å²) in [6.07, 6.45) is 6.54. The molecule has 0 spiro atoms. The maximum atomic E-state index is 13.0. The van der Waals surface area contributed by atoms with E-state index in [0.29, 0.717) is 43.4 Å². The van der Waals surface area contributed by atoms with Crippen LogP contribution >= 0.6 is 0 Å². The minimum atomic E-state index is -0.142. The van der Waals surface area contributed by atoms with Crippen LogP contribution in [0.4, 0.5) is 0 Å². The Morgan fingerprint density at radius 2 is 2.32 bits per heavy atom. The van der Waals surface area contributed by atoms with Gasteiger partial charge in [0.1, 0.15) is 5.76 Å². The average Bonchev–Trinajstić information content (AvgIpc) is 3.01. The zero-order valence-corrected chi connectivity index (χ0v) is 14.5. The van der Waals surface area contributed by atoms with Crippen molar-refractivity contribution in [1.29, 1.82) is 0 Å². The Labute approximate surface area is 146 Å². The lowest BCUT2D eigenvalue weighted by atomic mass is 10.1. The van der Waals surface area contributed by atoms with E-state index in [4.69, 9.17) is 14.0 Å². The van der Waals surface area contributed by atoms with Gasteiger partial charge < -0.3 is 18.9 Å². The number of morpholine rings is 1. The molecule has 25 heavy (non-hydrogen) atoms. The average molecular weight is 346 g/mol. The molecule has 8 heteroatoms. The quantitative estimate of drug-likeness (QED) is 0.780. The molecular weight excluding hydrogens is 324 g/mol. The van der Waals surface area contributed by atoms with Crippen molar-refractivity contribution in [3.05, 3.63) is 41.3 Å². The zero-order valence-electron chi connectivity index (χ0n) is 14.5. The summed E-state index contributed by atoms with van der Waals surface area (Å²) in [7, 11) is 1.58. The van der Waals surface area contributed by atoms with Gasteiger partial charge in [-0.05, 0) is 19.8 Å². The van der Waals surface area contributed by atoms with Gasteiger partial charge in [-0.1, -0.05) is 5.16 Å². The van der Waals surface area contributed by atoms with Crippen molar-refractivity contribution in [1.82, 2.24) is 20.0 Å². The minimum absolute atomic E-state index is 0.0318. The lowest BCUT2D eigenvalue weighted by molar-refractivity contribution is -0.00476. The van der Waals surface area contributed by atoms with Crippen LogP contribution in [-0.4, -0.2) is 58.8 Å². The fourth-order valence-corrected chi connectivity index (χ4v) is 2.94. The molecule has 0 bridgehead atoms. The van der Waals surface area contributed by atoms with E-state index in [1.165, 1.54) is 0 Å². The number of amides is 1. The van der Waals surface area contributed by atoms with Crippen LogP contribution in [0.1, 0.15) is 33.9 Å². The molecular formula is C17H22N4O4. The third-order valence-corrected chi connectivity index (χ3v) is 4.31. The smallest absolute Gasteiger partial charge is 0.276 e. The van der Waals surface area contributed by atoms with E-state index in [2.05, 4.69) is 15.1 Å². The number of aryl methyl sites for hydroxylation is 2. The second-order valence-corrected chi connectivity index (χ2v) is 5.96. The van der Waals surface area contributed by atoms with Crippen LogP contribution in [0.2, 0.25) is 0 Å². The molecule has 3 heterocycles. The summed E-state index contributed by atoms with van der Waals surface area (Å²) in [5.41, 5.74) is 1.93. The van der Waals surface area contributed by atoms with Gasteiger partial charge in [-0.15, -0.1) is 0 Å². The lowest BCUT2D eigenvalue weighted by Gasteiger charge is -2.35. The van der Waals surface area contributed by atoms with Crippen molar-refractivity contribution in [3.8, 4) is 0 Å². The van der Waals surface area contributed by atoms with E-state index in [9.17, 15) is 4.79 Å². The number of nitrogens with zero attached hydrogens (tertiary/aromatic N) is 4. The largest absolute Gasteiger partial charge is 0.380 e. The van der Waals surface area contributed by atoms with E-state index < -0.39 is 0 Å². The molecule has 0 aromatic carbocycles. The molecule has 2 aromatic rings. The van der Waals surface area contributed by atoms with Crippen LogP contribution in [-0.2, 0) is 22.5 Å². The molecule has 0 N–H and O–H groups in total. The zero-order chi connectivity index (χ0) is 17.6. The molecule has 3 rings (SSSR count). The SMILES string of the molecule is COCc1c(C(=O)N2CCOCC2CCc2cnccn2)noc1C. The number of hydrogen-bond donors (Lipinski definition) is 0. The second kappa shape index (κ2) is 8.17. The normalized spacial score (nSPS) is 17.7. The minimum Gasteiger partial charge on any atom is -0.380 e. The molecule has 0 aliphatic carbocycles. The summed E-state index contributed by atoms with van der Waals surface area (Å²) in [5.74, 6) is 0.464. The molecule has 1 unspecified atom stereocenters. The second-order valence-electron chi connectivity index (χ2n) is 5.96. The first kappa shape index (κ1) is 17.5. The van der Waals surface area contributed by atoms with Gasteiger partial charge >= 0.3 is 0 Å². The van der Waals surface area contributed by atoms with Gasteiger partial charge in [-0.25, -0.2) is 0 Å². The van der Waals surface area contributed by atoms with E-state index in [0.717, 1.165) is 18.5 Å². The fraction of sp³-hybridized carbons (Fsp3) is 0.529. The van der Waals surface area contributed by atoms with Gasteiger partial charge in [-0.2, -0.15) is 0 Å². The Hall–Kier alpha value is -2.32. The molecule has 1 amide bonds. The van der Waals surface area contributed by atoms with Crippen LogP contribution in [0.25, 0.3) is 0 Å². The summed E-state index contributed by atoms with van der Waals surface area (Å²) in [6, 6.07) is -0.0318. The van der Waals surface area contributed by atoms with Crippen LogP contribution in [0.15, 0.2) is 23.1 Å². The number of rotatable bonds is 6. The monoisotopic (exact) mass is 346 g/mol. The van der Waals surface area contributed by atoms with Gasteiger partial charge in [0.25, 0.3) is 5.91 Å². The van der Waals surface area contributed by atoms with Gasteiger partial charge in [0.15, 0.2) is 5.69 Å². The van der Waals surface area contributed by atoms with E-state index in [1.807, 2.05) is 4.90 Å². The topological polar surface area (TPSA) is 90.6 Å². The fourth-order valence-electron chi connectivity index (χ4n) is 2.94. The molecule has 0 saturated carbocycles. The number of ether oxygens (including phenoxy) is 2. The Morgan fingerprint density at radius 1 is 1.44 bits per heavy atom. The van der Waals surface area contributed by atoms with Crippen LogP contribution in [0, 0.1) is 6.92 Å². The molecule has 8 nitrogen and oxygen atoms in total. The summed E-state index contributed by atoms with van der Waals surface area (Å²) >= 11 is 0. The van der Waals surface area contributed by atoms with Crippen molar-refractivity contribution in [2.75, 3.05) is 26.9 Å². The van der Waals surface area contributed by atoms with E-state index in [-0.39, 0.29) is 11.9 Å². The Morgan fingerprint density at radius 3 is 3.08 bits per heavy atom. The van der Waals surface area contributed by atoms with E-state index >= 15 is 0 Å². The summed E-state index contributed by atoms with van der Waals surface area (Å²) in [4.78, 5) is 23.2. The van der Waals surface area contributed by atoms with Crippen molar-refractivity contribution in [2.24, 2.45) is 0 Å². The highest BCUT2D eigenvalue weighted by Gasteiger charge is 2.31. The molecule has 0 radical (unpaired) electrons. The Bertz CT molecular complexity index is 704. The first-order chi connectivity index (χ1) is 12.2. The number of methoxy groups -OCH3 is 1. The van der Waals surface area contributed by atoms with Gasteiger partial charge in [0.2, 0.25) is 0 Å². The Kier molecular flexibility index (Phi) is 5.72. The van der Waals surface area contributed by atoms with Crippen LogP contribution in [0.5, 0.6) is 0 Å². The Balaban J connectivity index is 1.73. The van der Waals surface area contributed by atoms with Crippen molar-refractivity contribution >= 4 is 5.91 Å². The third-order valence-electron chi connectivity index (χ3n) is 4.31. The maximum Gasteiger partial charge on any atom is 0.276 e. The number of hydrogen-bond acceptors (Lipinski definition) is 7. The highest BCUT2D eigenvalue weighted by molar-refractivity contribution is 5.94. The van der Waals surface area contributed by atoms with Crippen molar-refractivity contribution < 1.29 is 18.8 Å². The van der Waals surface area contributed by atoms with E-state index in [1.54, 1.807) is 32.6 Å².